The number of hydrogen-bond donors (Lipinski definition) is 2. The summed E-state index contributed by atoms with van der Waals surface area (Å²) in [5, 5.41) is 8.46. The van der Waals surface area contributed by atoms with Gasteiger partial charge in [0, 0.05) is 4.88 Å². The average Bonchev–Trinajstić information content (AvgIpc) is 2.34. The highest BCUT2D eigenvalue weighted by molar-refractivity contribution is 7.05. The molecule has 12 heavy (non-hydrogen) atoms. The number of rotatable bonds is 3. The summed E-state index contributed by atoms with van der Waals surface area (Å²) in [4.78, 5) is 11.1. The zero-order valence-corrected chi connectivity index (χ0v) is 7.47. The normalized spacial score (nSPS) is 12.8. The van der Waals surface area contributed by atoms with Crippen molar-refractivity contribution in [2.45, 2.75) is 19.4 Å². The molecular weight excluding hydrogens is 176 g/mol. The topological polar surface area (TPSA) is 76.2 Å². The third-order valence-electron chi connectivity index (χ3n) is 1.41. The van der Waals surface area contributed by atoms with Gasteiger partial charge in [0.1, 0.15) is 0 Å². The summed E-state index contributed by atoms with van der Waals surface area (Å²) in [6.07, 6.45) is -0.0400. The predicted molar refractivity (Wildman–Crippen MR) is 46.0 cm³/mol. The Hall–Kier alpha value is -0.940. The number of carboxylic acid groups (broad SMARTS) is 1. The van der Waals surface area contributed by atoms with Crippen LogP contribution in [0.15, 0.2) is 6.07 Å². The van der Waals surface area contributed by atoms with E-state index in [1.165, 1.54) is 11.5 Å². The number of carbonyl (C=O) groups is 1. The molecule has 1 rings (SSSR count). The van der Waals surface area contributed by atoms with E-state index in [-0.39, 0.29) is 6.42 Å². The predicted octanol–water partition coefficient (Wildman–Crippen LogP) is 0.926. The molecular formula is C7H10N2O2S. The van der Waals surface area contributed by atoms with E-state index in [9.17, 15) is 4.79 Å². The third kappa shape index (κ3) is 2.28. The lowest BCUT2D eigenvalue weighted by Gasteiger charge is -2.03. The van der Waals surface area contributed by atoms with Crippen LogP contribution in [0.2, 0.25) is 0 Å². The number of aromatic nitrogens is 1. The van der Waals surface area contributed by atoms with Crippen LogP contribution in [0, 0.1) is 6.92 Å². The van der Waals surface area contributed by atoms with Crippen LogP contribution < -0.4 is 5.73 Å². The van der Waals surface area contributed by atoms with Gasteiger partial charge in [-0.3, -0.25) is 4.79 Å². The fraction of sp³-hybridized carbons (Fsp3) is 0.429. The second-order valence-corrected chi connectivity index (χ2v) is 3.41. The van der Waals surface area contributed by atoms with Gasteiger partial charge >= 0.3 is 5.97 Å². The molecule has 1 aromatic heterocycles. The van der Waals surface area contributed by atoms with Gasteiger partial charge in [0.05, 0.1) is 18.2 Å². The summed E-state index contributed by atoms with van der Waals surface area (Å²) >= 11 is 1.26. The Labute approximate surface area is 74.2 Å². The van der Waals surface area contributed by atoms with Crippen molar-refractivity contribution in [2.75, 3.05) is 0 Å². The standard InChI is InChI=1S/C7H10N2O2S/c1-4-2-6(12-9-4)5(8)3-7(10)11/h2,5H,3,8H2,1H3,(H,10,11). The summed E-state index contributed by atoms with van der Waals surface area (Å²) < 4.78 is 4.01. The molecule has 0 aliphatic heterocycles. The Bertz CT molecular complexity index is 285. The molecule has 0 saturated carbocycles. The first-order valence-electron chi connectivity index (χ1n) is 3.50. The van der Waals surface area contributed by atoms with E-state index in [0.29, 0.717) is 0 Å². The van der Waals surface area contributed by atoms with Gasteiger partial charge in [-0.05, 0) is 24.5 Å². The molecule has 0 fully saturated rings. The summed E-state index contributed by atoms with van der Waals surface area (Å²) in [5.41, 5.74) is 6.48. The van der Waals surface area contributed by atoms with Crippen molar-refractivity contribution in [3.05, 3.63) is 16.6 Å². The van der Waals surface area contributed by atoms with Gasteiger partial charge in [0.15, 0.2) is 0 Å². The molecule has 4 nitrogen and oxygen atoms in total. The number of nitrogens with two attached hydrogens (primary N) is 1. The van der Waals surface area contributed by atoms with Crippen molar-refractivity contribution in [3.63, 3.8) is 0 Å². The van der Waals surface area contributed by atoms with Gasteiger partial charge < -0.3 is 10.8 Å². The maximum atomic E-state index is 10.3. The minimum absolute atomic E-state index is 0.0400. The maximum Gasteiger partial charge on any atom is 0.305 e. The lowest BCUT2D eigenvalue weighted by Crippen LogP contribution is -2.13. The molecule has 3 N–H and O–H groups in total. The minimum Gasteiger partial charge on any atom is -0.481 e. The summed E-state index contributed by atoms with van der Waals surface area (Å²) in [5.74, 6) is -0.881. The van der Waals surface area contributed by atoms with E-state index >= 15 is 0 Å². The van der Waals surface area contributed by atoms with E-state index in [4.69, 9.17) is 10.8 Å². The molecule has 0 bridgehead atoms. The summed E-state index contributed by atoms with van der Waals surface area (Å²) in [6, 6.07) is 1.40. The van der Waals surface area contributed by atoms with Gasteiger partial charge in [-0.2, -0.15) is 4.37 Å². The monoisotopic (exact) mass is 186 g/mol. The van der Waals surface area contributed by atoms with Crippen molar-refractivity contribution >= 4 is 17.5 Å². The Kier molecular flexibility index (Phi) is 2.78. The van der Waals surface area contributed by atoms with Crippen molar-refractivity contribution in [1.29, 1.82) is 0 Å². The Morgan fingerprint density at radius 1 is 1.92 bits per heavy atom. The maximum absolute atomic E-state index is 10.3. The van der Waals surface area contributed by atoms with Gasteiger partial charge in [-0.15, -0.1) is 0 Å². The van der Waals surface area contributed by atoms with Crippen LogP contribution in [0.4, 0.5) is 0 Å². The van der Waals surface area contributed by atoms with Crippen LogP contribution in [0.5, 0.6) is 0 Å². The van der Waals surface area contributed by atoms with Crippen LogP contribution in [0.1, 0.15) is 23.0 Å². The van der Waals surface area contributed by atoms with Crippen LogP contribution in [0.3, 0.4) is 0 Å². The molecule has 0 spiro atoms. The zero-order valence-electron chi connectivity index (χ0n) is 6.65. The molecule has 0 amide bonds. The first kappa shape index (κ1) is 9.15. The lowest BCUT2D eigenvalue weighted by atomic mass is 10.2. The largest absolute Gasteiger partial charge is 0.481 e. The molecule has 0 aliphatic rings. The zero-order chi connectivity index (χ0) is 9.14. The van der Waals surface area contributed by atoms with E-state index in [1.54, 1.807) is 0 Å². The SMILES string of the molecule is Cc1cc(C(N)CC(=O)O)sn1. The smallest absolute Gasteiger partial charge is 0.305 e. The number of aliphatic carboxylic acids is 1. The van der Waals surface area contributed by atoms with Gasteiger partial charge in [0.2, 0.25) is 0 Å². The fourth-order valence-electron chi connectivity index (χ4n) is 0.847. The lowest BCUT2D eigenvalue weighted by molar-refractivity contribution is -0.137. The second kappa shape index (κ2) is 3.64. The quantitative estimate of drug-likeness (QED) is 0.736. The molecule has 1 aromatic rings. The van der Waals surface area contributed by atoms with Gasteiger partial charge in [-0.1, -0.05) is 0 Å². The molecule has 0 aliphatic carbocycles. The van der Waals surface area contributed by atoms with Gasteiger partial charge in [-0.25, -0.2) is 0 Å². The Morgan fingerprint density at radius 3 is 3.00 bits per heavy atom. The van der Waals surface area contributed by atoms with Crippen molar-refractivity contribution in [1.82, 2.24) is 4.37 Å². The minimum atomic E-state index is -0.881. The molecule has 5 heteroatoms. The molecule has 0 radical (unpaired) electrons. The summed E-state index contributed by atoms with van der Waals surface area (Å²) in [7, 11) is 0. The highest BCUT2D eigenvalue weighted by atomic mass is 32.1. The molecule has 1 heterocycles. The van der Waals surface area contributed by atoms with Crippen LogP contribution >= 0.6 is 11.5 Å². The summed E-state index contributed by atoms with van der Waals surface area (Å²) in [6.45, 7) is 1.85. The van der Waals surface area contributed by atoms with Gasteiger partial charge in [0.25, 0.3) is 0 Å². The third-order valence-corrected chi connectivity index (χ3v) is 2.42. The van der Waals surface area contributed by atoms with E-state index in [1.807, 2.05) is 13.0 Å². The molecule has 0 saturated heterocycles. The van der Waals surface area contributed by atoms with Crippen LogP contribution in [0.25, 0.3) is 0 Å². The Morgan fingerprint density at radius 2 is 2.58 bits per heavy atom. The first-order valence-corrected chi connectivity index (χ1v) is 4.27. The molecule has 1 atom stereocenters. The number of hydrogen-bond acceptors (Lipinski definition) is 4. The molecule has 1 unspecified atom stereocenters. The van der Waals surface area contributed by atoms with E-state index in [2.05, 4.69) is 4.37 Å². The van der Waals surface area contributed by atoms with Crippen molar-refractivity contribution in [3.8, 4) is 0 Å². The van der Waals surface area contributed by atoms with Crippen molar-refractivity contribution in [2.24, 2.45) is 5.73 Å². The van der Waals surface area contributed by atoms with E-state index in [0.717, 1.165) is 10.6 Å². The molecule has 0 aromatic carbocycles. The highest BCUT2D eigenvalue weighted by Gasteiger charge is 2.12. The first-order chi connectivity index (χ1) is 5.59. The van der Waals surface area contributed by atoms with Crippen molar-refractivity contribution < 1.29 is 9.90 Å². The second-order valence-electron chi connectivity index (χ2n) is 2.58. The highest BCUT2D eigenvalue weighted by Crippen LogP contribution is 2.19. The van der Waals surface area contributed by atoms with Crippen LogP contribution in [-0.2, 0) is 4.79 Å². The Balaban J connectivity index is 2.64. The number of nitrogens with zero attached hydrogens (tertiary/aromatic N) is 1. The fourth-order valence-corrected chi connectivity index (χ4v) is 1.59. The average molecular weight is 186 g/mol. The van der Waals surface area contributed by atoms with Crippen LogP contribution in [-0.4, -0.2) is 15.4 Å². The number of aryl methyl sites for hydroxylation is 1. The van der Waals surface area contributed by atoms with E-state index < -0.39 is 12.0 Å². The number of carboxylic acids is 1. The molecule has 66 valence electrons.